The Morgan fingerprint density at radius 2 is 0.952 bits per heavy atom. The predicted molar refractivity (Wildman–Crippen MR) is 116 cm³/mol. The summed E-state index contributed by atoms with van der Waals surface area (Å²) in [7, 11) is 0. The van der Waals surface area contributed by atoms with E-state index >= 15 is 0 Å². The zero-order valence-corrected chi connectivity index (χ0v) is 20.8. The van der Waals surface area contributed by atoms with Gasteiger partial charge in [-0.05, 0) is 0 Å². The molecule has 0 bridgehead atoms. The van der Waals surface area contributed by atoms with Gasteiger partial charge in [0.15, 0.2) is 23.0 Å². The summed E-state index contributed by atoms with van der Waals surface area (Å²) in [4.78, 5) is -1.57. The molecule has 0 aromatic heterocycles. The smallest absolute Gasteiger partial charge is 0.351 e. The first-order chi connectivity index (χ1) is 18.1. The number of rotatable bonds is 9. The Balaban J connectivity index is 3.43. The highest BCUT2D eigenvalue weighted by Crippen LogP contribution is 2.70. The molecule has 24 N–H and O–H groups in total. The van der Waals surface area contributed by atoms with E-state index in [0.29, 0.717) is 0 Å². The van der Waals surface area contributed by atoms with Crippen LogP contribution in [-0.4, -0.2) is 170 Å². The number of aromatic hydroxyl groups is 4. The number of nitrogens with two attached hydrogens (primary N) is 1. The molecule has 1 atom stereocenters. The number of hydrogen-bond acceptors (Lipinski definition) is 24. The molecule has 0 aliphatic heterocycles. The predicted octanol–water partition coefficient (Wildman–Crippen LogP) is -11.3. The van der Waals surface area contributed by atoms with Gasteiger partial charge < -0.3 is 112 Å². The first-order valence-corrected chi connectivity index (χ1v) is 10.8. The van der Waals surface area contributed by atoms with Crippen LogP contribution in [0.2, 0.25) is 5.02 Å². The average Bonchev–Trinajstić information content (AvgIpc) is 2.74. The lowest BCUT2D eigenvalue weighted by atomic mass is 9.45. The van der Waals surface area contributed by atoms with Crippen molar-refractivity contribution in [2.24, 2.45) is 5.73 Å². The van der Waals surface area contributed by atoms with Gasteiger partial charge in [-0.3, -0.25) is 5.73 Å². The highest BCUT2D eigenvalue weighted by atomic mass is 35.5. The van der Waals surface area contributed by atoms with Crippen LogP contribution < -0.4 is 5.73 Å². The summed E-state index contributed by atoms with van der Waals surface area (Å²) in [6, 6.07) is -8.96. The second-order valence-corrected chi connectivity index (χ2v) is 9.79. The van der Waals surface area contributed by atoms with Gasteiger partial charge in [0.2, 0.25) is 17.2 Å². The summed E-state index contributed by atoms with van der Waals surface area (Å²) in [6.07, 6.45) is -8.13. The molecule has 0 spiro atoms. The molecule has 1 aromatic carbocycles. The average molecular weight is 647 g/mol. The van der Waals surface area contributed by atoms with Crippen LogP contribution in [-0.2, 0) is 5.41 Å². The van der Waals surface area contributed by atoms with Crippen molar-refractivity contribution >= 4 is 11.6 Å². The van der Waals surface area contributed by atoms with Crippen LogP contribution >= 0.6 is 11.6 Å². The van der Waals surface area contributed by atoms with Crippen LogP contribution in [0, 0.1) is 0 Å². The van der Waals surface area contributed by atoms with Gasteiger partial charge in [-0.2, -0.15) is 4.90 Å². The lowest BCUT2D eigenvalue weighted by molar-refractivity contribution is -0.588. The number of aliphatic hydroxyl groups is 18. The lowest BCUT2D eigenvalue weighted by Crippen LogP contribution is -2.98. The van der Waals surface area contributed by atoms with Crippen molar-refractivity contribution in [3.63, 3.8) is 0 Å². The highest BCUT2D eigenvalue weighted by molar-refractivity contribution is 6.34. The minimum absolute atomic E-state index is 1.46. The Bertz CT molecular complexity index is 1150. The monoisotopic (exact) mass is 646 g/mol. The quantitative estimate of drug-likeness (QED) is 0.0672. The SMILES string of the molecule is NC(O)(O)N(C(CC(O)(C(O)(O)O)C(O)(O)O)C1(c2c(O)c(O)c(Cl)c(O)c2O)C(O)(O)C(O)(O)C1(O)O)C(O)(O)O. The standard InChI is InChI=1S/C17H27ClN2O22/c18-4-7(23)5(21)3(6(22)8(4)24)10(11(26,27)13(30,31)12(10,28)29)2(20(16(19,38)39)17(40,41)42)1-9(25,14(32,33)34)15(35,36)37/h2,21-42H,1,19H2. The van der Waals surface area contributed by atoms with Gasteiger partial charge in [0.25, 0.3) is 11.8 Å². The molecule has 2 rings (SSSR count). The van der Waals surface area contributed by atoms with Crippen LogP contribution in [0.3, 0.4) is 0 Å². The first kappa shape index (κ1) is 36.1. The number of phenolic OH excluding ortho intramolecular Hbond substituents is 4. The molecule has 0 radical (unpaired) electrons. The largest absolute Gasteiger partial charge is 0.504 e. The van der Waals surface area contributed by atoms with Gasteiger partial charge in [-0.1, -0.05) is 11.6 Å². The summed E-state index contributed by atoms with van der Waals surface area (Å²) in [6.45, 7) is 0. The number of nitrogens with zero attached hydrogens (tertiary/aromatic N) is 1. The maximum Gasteiger partial charge on any atom is 0.351 e. The zero-order valence-electron chi connectivity index (χ0n) is 20.0. The second-order valence-electron chi connectivity index (χ2n) is 9.42. The maximum atomic E-state index is 10.8. The van der Waals surface area contributed by atoms with Crippen molar-refractivity contribution in [2.45, 2.75) is 64.9 Å². The van der Waals surface area contributed by atoms with Gasteiger partial charge in [-0.25, -0.2) is 0 Å². The summed E-state index contributed by atoms with van der Waals surface area (Å²) in [5.74, 6) is -34.0. The number of hydrogen-bond donors (Lipinski definition) is 23. The summed E-state index contributed by atoms with van der Waals surface area (Å²) in [5, 5.41) is 221. The van der Waals surface area contributed by atoms with Gasteiger partial charge in [0.1, 0.15) is 10.4 Å². The Morgan fingerprint density at radius 1 is 0.619 bits per heavy atom. The van der Waals surface area contributed by atoms with E-state index < -0.39 is 103 Å². The molecule has 0 saturated heterocycles. The topological polar surface area (TPSA) is 474 Å². The van der Waals surface area contributed by atoms with E-state index in [1.807, 2.05) is 0 Å². The Morgan fingerprint density at radius 3 is 1.21 bits per heavy atom. The zero-order chi connectivity index (χ0) is 33.8. The number of benzene rings is 1. The van der Waals surface area contributed by atoms with Crippen molar-refractivity contribution in [3.8, 4) is 23.0 Å². The van der Waals surface area contributed by atoms with E-state index in [0.717, 1.165) is 0 Å². The number of halogens is 1. The fraction of sp³-hybridized carbons (Fsp3) is 0.647. The van der Waals surface area contributed by atoms with Crippen molar-refractivity contribution in [3.05, 3.63) is 10.6 Å². The molecule has 0 heterocycles. The summed E-state index contributed by atoms with van der Waals surface area (Å²) >= 11 is 5.45. The molecule has 25 heteroatoms. The molecule has 1 fully saturated rings. The highest BCUT2D eigenvalue weighted by Gasteiger charge is 2.94. The Kier molecular flexibility index (Phi) is 8.13. The first-order valence-electron chi connectivity index (χ1n) is 10.4. The molecule has 1 saturated carbocycles. The Labute approximate surface area is 233 Å². The van der Waals surface area contributed by atoms with Crippen molar-refractivity contribution in [1.29, 1.82) is 0 Å². The molecule has 244 valence electrons. The summed E-state index contributed by atoms with van der Waals surface area (Å²) in [5.41, 5.74) is -7.56. The molecule has 1 aromatic rings. The lowest BCUT2D eigenvalue weighted by Gasteiger charge is -2.71. The van der Waals surface area contributed by atoms with E-state index in [2.05, 4.69) is 0 Å². The van der Waals surface area contributed by atoms with E-state index in [9.17, 15) is 112 Å². The molecule has 1 aliphatic rings. The van der Waals surface area contributed by atoms with Crippen molar-refractivity contribution < 1.29 is 112 Å². The molecule has 42 heavy (non-hydrogen) atoms. The van der Waals surface area contributed by atoms with Gasteiger partial charge in [0.05, 0.1) is 5.56 Å². The van der Waals surface area contributed by atoms with Gasteiger partial charge in [0, 0.05) is 12.5 Å². The molecular weight excluding hydrogens is 620 g/mol. The molecule has 1 unspecified atom stereocenters. The Hall–Kier alpha value is -2.09. The minimum atomic E-state index is -5.21. The third-order valence-corrected chi connectivity index (χ3v) is 7.25. The van der Waals surface area contributed by atoms with Crippen molar-refractivity contribution in [2.75, 3.05) is 0 Å². The van der Waals surface area contributed by atoms with Gasteiger partial charge in [-0.15, -0.1) is 0 Å². The molecule has 24 nitrogen and oxygen atoms in total. The van der Waals surface area contributed by atoms with Crippen molar-refractivity contribution in [1.82, 2.24) is 4.90 Å². The normalized spacial score (nSPS) is 21.3. The van der Waals surface area contributed by atoms with Crippen LogP contribution in [0.4, 0.5) is 0 Å². The van der Waals surface area contributed by atoms with E-state index in [1.54, 1.807) is 0 Å². The number of phenols is 4. The molecule has 1 aliphatic carbocycles. The van der Waals surface area contributed by atoms with Crippen LogP contribution in [0.1, 0.15) is 12.0 Å². The fourth-order valence-corrected chi connectivity index (χ4v) is 5.05. The summed E-state index contributed by atoms with van der Waals surface area (Å²) < 4.78 is 0. The van der Waals surface area contributed by atoms with E-state index in [1.165, 1.54) is 0 Å². The third kappa shape index (κ3) is 4.35. The molecular formula is C17H27ClN2O22. The molecule has 0 amide bonds. The van der Waals surface area contributed by atoms with E-state index in [-0.39, 0.29) is 0 Å². The third-order valence-electron chi connectivity index (χ3n) is 6.89. The van der Waals surface area contributed by atoms with Crippen LogP contribution in [0.5, 0.6) is 23.0 Å². The van der Waals surface area contributed by atoms with Crippen LogP contribution in [0.25, 0.3) is 0 Å². The van der Waals surface area contributed by atoms with Crippen LogP contribution in [0.15, 0.2) is 0 Å². The fourth-order valence-electron chi connectivity index (χ4n) is 4.87. The second kappa shape index (κ2) is 9.45. The van der Waals surface area contributed by atoms with Gasteiger partial charge >= 0.3 is 18.0 Å². The minimum Gasteiger partial charge on any atom is -0.504 e. The maximum absolute atomic E-state index is 10.8. The van der Waals surface area contributed by atoms with E-state index in [4.69, 9.17) is 17.3 Å².